The van der Waals surface area contributed by atoms with Crippen LogP contribution in [0.25, 0.3) is 0 Å². The molecular formula is C16H24N2O4S2. The number of likely N-dealkylation sites (tertiary alicyclic amines) is 1. The molecule has 0 atom stereocenters. The Hall–Kier alpha value is -0.960. The number of rotatable bonds is 4. The fourth-order valence-electron chi connectivity index (χ4n) is 3.32. The number of hydrogen-bond donors (Lipinski definition) is 0. The Morgan fingerprint density at radius 2 is 1.71 bits per heavy atom. The predicted octanol–water partition coefficient (Wildman–Crippen LogP) is 1.79. The molecule has 0 spiro atoms. The molecule has 24 heavy (non-hydrogen) atoms. The molecule has 2 aliphatic heterocycles. The number of piperidine rings is 2. The van der Waals surface area contributed by atoms with E-state index < -0.39 is 10.0 Å². The van der Waals surface area contributed by atoms with Crippen molar-refractivity contribution < 1.29 is 17.9 Å². The van der Waals surface area contributed by atoms with Crippen LogP contribution in [0, 0.1) is 0 Å². The van der Waals surface area contributed by atoms with Gasteiger partial charge in [0.1, 0.15) is 0 Å². The van der Waals surface area contributed by atoms with Gasteiger partial charge in [-0.05, 0) is 37.1 Å². The smallest absolute Gasteiger partial charge is 0.263 e. The molecule has 0 unspecified atom stereocenters. The lowest BCUT2D eigenvalue weighted by molar-refractivity contribution is -0.0557. The summed E-state index contributed by atoms with van der Waals surface area (Å²) in [5.74, 6) is 0.116. The molecule has 0 radical (unpaired) electrons. The van der Waals surface area contributed by atoms with Crippen molar-refractivity contribution in [3.05, 3.63) is 22.4 Å². The maximum Gasteiger partial charge on any atom is 0.263 e. The average Bonchev–Trinajstić information content (AvgIpc) is 3.09. The second kappa shape index (κ2) is 7.51. The van der Waals surface area contributed by atoms with Gasteiger partial charge in [0.2, 0.25) is 10.0 Å². The van der Waals surface area contributed by atoms with Crippen LogP contribution in [0.15, 0.2) is 17.5 Å². The Balaban J connectivity index is 1.42. The highest BCUT2D eigenvalue weighted by molar-refractivity contribution is 7.88. The topological polar surface area (TPSA) is 66.9 Å². The van der Waals surface area contributed by atoms with Crippen LogP contribution < -0.4 is 0 Å². The molecule has 134 valence electrons. The molecular weight excluding hydrogens is 348 g/mol. The first-order valence-electron chi connectivity index (χ1n) is 8.37. The highest BCUT2D eigenvalue weighted by Crippen LogP contribution is 2.23. The number of hydrogen-bond acceptors (Lipinski definition) is 5. The second-order valence-electron chi connectivity index (χ2n) is 6.47. The zero-order valence-electron chi connectivity index (χ0n) is 13.9. The zero-order valence-corrected chi connectivity index (χ0v) is 15.5. The Kier molecular flexibility index (Phi) is 5.59. The van der Waals surface area contributed by atoms with Gasteiger partial charge in [-0.25, -0.2) is 12.7 Å². The summed E-state index contributed by atoms with van der Waals surface area (Å²) < 4.78 is 30.7. The molecule has 1 aromatic rings. The third-order valence-corrected chi connectivity index (χ3v) is 6.88. The second-order valence-corrected chi connectivity index (χ2v) is 9.40. The third-order valence-electron chi connectivity index (χ3n) is 4.72. The molecule has 3 rings (SSSR count). The van der Waals surface area contributed by atoms with Crippen LogP contribution in [0.5, 0.6) is 0 Å². The van der Waals surface area contributed by atoms with Crippen LogP contribution in [0.1, 0.15) is 35.4 Å². The highest BCUT2D eigenvalue weighted by atomic mass is 32.2. The summed E-state index contributed by atoms with van der Waals surface area (Å²) in [7, 11) is -3.09. The summed E-state index contributed by atoms with van der Waals surface area (Å²) in [5, 5.41) is 1.92. The first-order valence-corrected chi connectivity index (χ1v) is 11.1. The van der Waals surface area contributed by atoms with Crippen molar-refractivity contribution in [2.24, 2.45) is 0 Å². The van der Waals surface area contributed by atoms with Crippen LogP contribution in [0.3, 0.4) is 0 Å². The molecule has 2 saturated heterocycles. The van der Waals surface area contributed by atoms with Gasteiger partial charge in [-0.15, -0.1) is 11.3 Å². The molecule has 0 aromatic carbocycles. The molecule has 6 nitrogen and oxygen atoms in total. The van der Waals surface area contributed by atoms with Crippen molar-refractivity contribution in [3.63, 3.8) is 0 Å². The van der Waals surface area contributed by atoms with Crippen molar-refractivity contribution in [3.8, 4) is 0 Å². The van der Waals surface area contributed by atoms with E-state index in [0.29, 0.717) is 13.1 Å². The number of thiophene rings is 1. The van der Waals surface area contributed by atoms with Gasteiger partial charge < -0.3 is 9.64 Å². The number of ether oxygens (including phenoxy) is 1. The molecule has 1 aromatic heterocycles. The molecule has 0 saturated carbocycles. The summed E-state index contributed by atoms with van der Waals surface area (Å²) in [6.07, 6.45) is 4.77. The predicted molar refractivity (Wildman–Crippen MR) is 93.8 cm³/mol. The lowest BCUT2D eigenvalue weighted by Crippen LogP contribution is -2.44. The summed E-state index contributed by atoms with van der Waals surface area (Å²) in [5.41, 5.74) is 0. The Morgan fingerprint density at radius 3 is 2.21 bits per heavy atom. The first kappa shape index (κ1) is 17.8. The van der Waals surface area contributed by atoms with E-state index in [4.69, 9.17) is 4.74 Å². The Bertz CT molecular complexity index is 644. The standard InChI is InChI=1S/C16H24N2O4S2/c1-24(20,21)18-10-6-14(7-11-18)22-13-4-8-17(9-5-13)16(19)15-3-2-12-23-15/h2-3,12-14H,4-11H2,1H3. The van der Waals surface area contributed by atoms with Crippen molar-refractivity contribution in [2.75, 3.05) is 32.4 Å². The average molecular weight is 373 g/mol. The SMILES string of the molecule is CS(=O)(=O)N1CCC(OC2CCN(C(=O)c3cccs3)CC2)CC1. The number of carbonyl (C=O) groups excluding carboxylic acids is 1. The molecule has 1 amide bonds. The normalized spacial score (nSPS) is 22.0. The van der Waals surface area contributed by atoms with Gasteiger partial charge in [0, 0.05) is 26.2 Å². The van der Waals surface area contributed by atoms with Crippen LogP contribution in [-0.4, -0.2) is 68.2 Å². The number of sulfonamides is 1. The minimum Gasteiger partial charge on any atom is -0.375 e. The van der Waals surface area contributed by atoms with E-state index in [2.05, 4.69) is 0 Å². The monoisotopic (exact) mass is 372 g/mol. The number of carbonyl (C=O) groups is 1. The summed E-state index contributed by atoms with van der Waals surface area (Å²) in [6.45, 7) is 2.53. The molecule has 0 N–H and O–H groups in total. The fraction of sp³-hybridized carbons (Fsp3) is 0.688. The summed E-state index contributed by atoms with van der Waals surface area (Å²) in [4.78, 5) is 15.0. The largest absolute Gasteiger partial charge is 0.375 e. The quantitative estimate of drug-likeness (QED) is 0.808. The third kappa shape index (κ3) is 4.36. The molecule has 2 fully saturated rings. The maximum atomic E-state index is 12.3. The van der Waals surface area contributed by atoms with Gasteiger partial charge >= 0.3 is 0 Å². The van der Waals surface area contributed by atoms with E-state index in [1.54, 1.807) is 0 Å². The van der Waals surface area contributed by atoms with E-state index in [-0.39, 0.29) is 18.1 Å². The van der Waals surface area contributed by atoms with Gasteiger partial charge in [-0.2, -0.15) is 0 Å². The summed E-state index contributed by atoms with van der Waals surface area (Å²) >= 11 is 1.48. The molecule has 8 heteroatoms. The molecule has 0 bridgehead atoms. The van der Waals surface area contributed by atoms with E-state index in [0.717, 1.165) is 43.6 Å². The van der Waals surface area contributed by atoms with Crippen molar-refractivity contribution >= 4 is 27.3 Å². The van der Waals surface area contributed by atoms with E-state index >= 15 is 0 Å². The van der Waals surface area contributed by atoms with Gasteiger partial charge in [0.05, 0.1) is 23.3 Å². The van der Waals surface area contributed by atoms with E-state index in [1.165, 1.54) is 21.9 Å². The molecule has 0 aliphatic carbocycles. The van der Waals surface area contributed by atoms with Crippen molar-refractivity contribution in [2.45, 2.75) is 37.9 Å². The Labute approximate surface area is 147 Å². The van der Waals surface area contributed by atoms with Crippen LogP contribution in [0.2, 0.25) is 0 Å². The van der Waals surface area contributed by atoms with Crippen LogP contribution in [0.4, 0.5) is 0 Å². The highest BCUT2D eigenvalue weighted by Gasteiger charge is 2.29. The van der Waals surface area contributed by atoms with Crippen molar-refractivity contribution in [1.29, 1.82) is 0 Å². The minimum absolute atomic E-state index is 0.116. The van der Waals surface area contributed by atoms with Gasteiger partial charge in [-0.1, -0.05) is 6.07 Å². The molecule has 2 aliphatic rings. The maximum absolute atomic E-state index is 12.3. The van der Waals surface area contributed by atoms with Crippen molar-refractivity contribution in [1.82, 2.24) is 9.21 Å². The van der Waals surface area contributed by atoms with Crippen LogP contribution in [-0.2, 0) is 14.8 Å². The van der Waals surface area contributed by atoms with E-state index in [1.807, 2.05) is 22.4 Å². The van der Waals surface area contributed by atoms with Crippen LogP contribution >= 0.6 is 11.3 Å². The Morgan fingerprint density at radius 1 is 1.12 bits per heavy atom. The van der Waals surface area contributed by atoms with Gasteiger partial charge in [0.25, 0.3) is 5.91 Å². The minimum atomic E-state index is -3.09. The number of nitrogens with zero attached hydrogens (tertiary/aromatic N) is 2. The van der Waals surface area contributed by atoms with E-state index in [9.17, 15) is 13.2 Å². The number of amides is 1. The summed E-state index contributed by atoms with van der Waals surface area (Å²) in [6, 6.07) is 3.77. The molecule has 3 heterocycles. The zero-order chi connectivity index (χ0) is 17.2. The van der Waals surface area contributed by atoms with Gasteiger partial charge in [0.15, 0.2) is 0 Å². The fourth-order valence-corrected chi connectivity index (χ4v) is 4.89. The first-order chi connectivity index (χ1) is 11.4. The lowest BCUT2D eigenvalue weighted by Gasteiger charge is -2.36. The lowest BCUT2D eigenvalue weighted by atomic mass is 10.1. The van der Waals surface area contributed by atoms with Gasteiger partial charge in [-0.3, -0.25) is 4.79 Å².